The average molecular weight is 303 g/mol. The summed E-state index contributed by atoms with van der Waals surface area (Å²) in [5, 5.41) is 3.35. The molecule has 1 heterocycles. The first-order valence-electron chi connectivity index (χ1n) is 7.91. The average Bonchev–Trinajstić information content (AvgIpc) is 2.41. The zero-order valence-electron chi connectivity index (χ0n) is 12.8. The van der Waals surface area contributed by atoms with E-state index in [4.69, 9.17) is 0 Å². The molecule has 0 aromatic rings. The number of rotatable bonds is 7. The molecule has 0 spiro atoms. The molecule has 2 N–H and O–H groups in total. The minimum Gasteiger partial charge on any atom is -0.317 e. The van der Waals surface area contributed by atoms with Crippen molar-refractivity contribution in [3.63, 3.8) is 0 Å². The van der Waals surface area contributed by atoms with E-state index in [1.807, 2.05) is 0 Å². The molecule has 6 heteroatoms. The molecule has 2 fully saturated rings. The van der Waals surface area contributed by atoms with Crippen LogP contribution in [0.2, 0.25) is 0 Å². The molecule has 0 bridgehead atoms. The van der Waals surface area contributed by atoms with Gasteiger partial charge in [0.2, 0.25) is 0 Å². The fourth-order valence-corrected chi connectivity index (χ4v) is 4.42. The lowest BCUT2D eigenvalue weighted by molar-refractivity contribution is 0.164. The van der Waals surface area contributed by atoms with Crippen LogP contribution in [0.25, 0.3) is 0 Å². The second-order valence-corrected chi connectivity index (χ2v) is 8.40. The molecule has 1 aliphatic heterocycles. The van der Waals surface area contributed by atoms with Gasteiger partial charge in [-0.25, -0.2) is 4.72 Å². The maximum absolute atomic E-state index is 12.3. The van der Waals surface area contributed by atoms with Crippen LogP contribution < -0.4 is 10.0 Å². The zero-order chi connectivity index (χ0) is 14.6. The lowest BCUT2D eigenvalue weighted by Crippen LogP contribution is -2.49. The van der Waals surface area contributed by atoms with Crippen molar-refractivity contribution in [2.45, 2.75) is 46.0 Å². The molecule has 1 aliphatic carbocycles. The molecule has 1 saturated carbocycles. The molecule has 0 atom stereocenters. The molecular weight excluding hydrogens is 274 g/mol. The SMILES string of the molecule is CCNCC1CCN(S(=O)(=O)NCC2(C)CCC2)CC1. The standard InChI is InChI=1S/C14H29N3O2S/c1-3-15-11-13-5-9-17(10-6-13)20(18,19)16-12-14(2)7-4-8-14/h13,15-16H,3-12H2,1-2H3. The Morgan fingerprint density at radius 3 is 2.40 bits per heavy atom. The van der Waals surface area contributed by atoms with Crippen molar-refractivity contribution in [3.05, 3.63) is 0 Å². The molecule has 20 heavy (non-hydrogen) atoms. The van der Waals surface area contributed by atoms with Gasteiger partial charge in [-0.3, -0.25) is 0 Å². The minimum atomic E-state index is -3.27. The van der Waals surface area contributed by atoms with E-state index in [9.17, 15) is 8.42 Å². The van der Waals surface area contributed by atoms with E-state index in [0.29, 0.717) is 25.6 Å². The molecule has 0 unspecified atom stereocenters. The van der Waals surface area contributed by atoms with E-state index in [0.717, 1.165) is 38.8 Å². The van der Waals surface area contributed by atoms with Crippen molar-refractivity contribution in [1.82, 2.24) is 14.3 Å². The Morgan fingerprint density at radius 2 is 1.90 bits per heavy atom. The lowest BCUT2D eigenvalue weighted by atomic mass is 9.71. The highest BCUT2D eigenvalue weighted by atomic mass is 32.2. The molecule has 0 amide bonds. The van der Waals surface area contributed by atoms with Crippen molar-refractivity contribution in [3.8, 4) is 0 Å². The van der Waals surface area contributed by atoms with E-state index in [1.54, 1.807) is 4.31 Å². The lowest BCUT2D eigenvalue weighted by Gasteiger charge is -2.39. The normalized spacial score (nSPS) is 24.5. The number of nitrogens with zero attached hydrogens (tertiary/aromatic N) is 1. The van der Waals surface area contributed by atoms with Crippen LogP contribution in [0.1, 0.15) is 46.0 Å². The summed E-state index contributed by atoms with van der Waals surface area (Å²) < 4.78 is 29.0. The summed E-state index contributed by atoms with van der Waals surface area (Å²) in [6.45, 7) is 8.16. The van der Waals surface area contributed by atoms with E-state index >= 15 is 0 Å². The maximum atomic E-state index is 12.3. The van der Waals surface area contributed by atoms with Gasteiger partial charge in [-0.15, -0.1) is 0 Å². The van der Waals surface area contributed by atoms with Crippen LogP contribution in [0.4, 0.5) is 0 Å². The second-order valence-electron chi connectivity index (χ2n) is 6.64. The predicted octanol–water partition coefficient (Wildman–Crippen LogP) is 1.33. The Morgan fingerprint density at radius 1 is 1.25 bits per heavy atom. The molecule has 0 aromatic heterocycles. The molecule has 118 valence electrons. The monoisotopic (exact) mass is 303 g/mol. The number of hydrogen-bond acceptors (Lipinski definition) is 3. The topological polar surface area (TPSA) is 61.4 Å². The molecule has 2 aliphatic rings. The van der Waals surface area contributed by atoms with Gasteiger partial charge in [-0.1, -0.05) is 20.3 Å². The molecule has 0 aromatic carbocycles. The van der Waals surface area contributed by atoms with E-state index in [2.05, 4.69) is 23.9 Å². The molecular formula is C14H29N3O2S. The van der Waals surface area contributed by atoms with Gasteiger partial charge in [0.25, 0.3) is 10.2 Å². The first kappa shape index (κ1) is 16.2. The fourth-order valence-electron chi connectivity index (χ4n) is 3.02. The Labute approximate surface area is 123 Å². The smallest absolute Gasteiger partial charge is 0.279 e. The highest BCUT2D eigenvalue weighted by Crippen LogP contribution is 2.39. The third-order valence-electron chi connectivity index (χ3n) is 4.84. The third-order valence-corrected chi connectivity index (χ3v) is 6.39. The third kappa shape index (κ3) is 4.16. The quantitative estimate of drug-likeness (QED) is 0.746. The molecule has 2 rings (SSSR count). The van der Waals surface area contributed by atoms with Crippen molar-refractivity contribution in [2.75, 3.05) is 32.7 Å². The Bertz CT molecular complexity index is 399. The summed E-state index contributed by atoms with van der Waals surface area (Å²) in [7, 11) is -3.27. The van der Waals surface area contributed by atoms with Crippen molar-refractivity contribution in [2.24, 2.45) is 11.3 Å². The summed E-state index contributed by atoms with van der Waals surface area (Å²) in [6, 6.07) is 0. The second kappa shape index (κ2) is 6.73. The van der Waals surface area contributed by atoms with Gasteiger partial charge in [0, 0.05) is 19.6 Å². The first-order valence-corrected chi connectivity index (χ1v) is 9.35. The minimum absolute atomic E-state index is 0.191. The Hall–Kier alpha value is -0.170. The van der Waals surface area contributed by atoms with Crippen LogP contribution in [0.3, 0.4) is 0 Å². The Kier molecular flexibility index (Phi) is 5.45. The van der Waals surface area contributed by atoms with Gasteiger partial charge in [0.05, 0.1) is 0 Å². The van der Waals surface area contributed by atoms with Crippen LogP contribution in [0.5, 0.6) is 0 Å². The predicted molar refractivity (Wildman–Crippen MR) is 81.7 cm³/mol. The zero-order valence-corrected chi connectivity index (χ0v) is 13.6. The number of piperidine rings is 1. The summed E-state index contributed by atoms with van der Waals surface area (Å²) in [5.74, 6) is 0.616. The van der Waals surface area contributed by atoms with Crippen LogP contribution in [0.15, 0.2) is 0 Å². The summed E-state index contributed by atoms with van der Waals surface area (Å²) in [5.41, 5.74) is 0.191. The van der Waals surface area contributed by atoms with E-state index < -0.39 is 10.2 Å². The van der Waals surface area contributed by atoms with Gasteiger partial charge >= 0.3 is 0 Å². The van der Waals surface area contributed by atoms with E-state index in [1.165, 1.54) is 6.42 Å². The van der Waals surface area contributed by atoms with Crippen LogP contribution >= 0.6 is 0 Å². The van der Waals surface area contributed by atoms with Gasteiger partial charge < -0.3 is 5.32 Å². The van der Waals surface area contributed by atoms with Crippen LogP contribution in [-0.4, -0.2) is 45.4 Å². The highest BCUT2D eigenvalue weighted by Gasteiger charge is 2.34. The largest absolute Gasteiger partial charge is 0.317 e. The maximum Gasteiger partial charge on any atom is 0.279 e. The number of nitrogens with one attached hydrogen (secondary N) is 2. The molecule has 0 radical (unpaired) electrons. The summed E-state index contributed by atoms with van der Waals surface area (Å²) in [4.78, 5) is 0. The summed E-state index contributed by atoms with van der Waals surface area (Å²) >= 11 is 0. The van der Waals surface area contributed by atoms with Gasteiger partial charge in [-0.05, 0) is 50.1 Å². The van der Waals surface area contributed by atoms with Gasteiger partial charge in [0.1, 0.15) is 0 Å². The fraction of sp³-hybridized carbons (Fsp3) is 1.00. The Balaban J connectivity index is 1.76. The molecule has 5 nitrogen and oxygen atoms in total. The van der Waals surface area contributed by atoms with E-state index in [-0.39, 0.29) is 5.41 Å². The highest BCUT2D eigenvalue weighted by molar-refractivity contribution is 7.87. The van der Waals surface area contributed by atoms with Crippen LogP contribution in [-0.2, 0) is 10.2 Å². The summed E-state index contributed by atoms with van der Waals surface area (Å²) in [6.07, 6.45) is 5.44. The first-order chi connectivity index (χ1) is 9.45. The van der Waals surface area contributed by atoms with Crippen molar-refractivity contribution >= 4 is 10.2 Å². The van der Waals surface area contributed by atoms with Gasteiger partial charge in [0.15, 0.2) is 0 Å². The van der Waals surface area contributed by atoms with Gasteiger partial charge in [-0.2, -0.15) is 12.7 Å². The van der Waals surface area contributed by atoms with Crippen LogP contribution in [0, 0.1) is 11.3 Å². The number of hydrogen-bond donors (Lipinski definition) is 2. The van der Waals surface area contributed by atoms with Crippen molar-refractivity contribution in [1.29, 1.82) is 0 Å². The molecule has 1 saturated heterocycles. The van der Waals surface area contributed by atoms with Crippen molar-refractivity contribution < 1.29 is 8.42 Å².